The summed E-state index contributed by atoms with van der Waals surface area (Å²) >= 11 is 0. The summed E-state index contributed by atoms with van der Waals surface area (Å²) in [5.74, 6) is -1.72. The molecule has 0 radical (unpaired) electrons. The summed E-state index contributed by atoms with van der Waals surface area (Å²) in [6.07, 6.45) is 3.21. The van der Waals surface area contributed by atoms with Crippen molar-refractivity contribution in [2.75, 3.05) is 6.54 Å². The van der Waals surface area contributed by atoms with Gasteiger partial charge in [0, 0.05) is 12.0 Å². The number of amides is 5. The Balaban J connectivity index is 1.45. The second-order valence-corrected chi connectivity index (χ2v) is 12.0. The number of imide groups is 2. The minimum atomic E-state index is -0.997. The summed E-state index contributed by atoms with van der Waals surface area (Å²) in [6.45, 7) is 14.0. The topological polar surface area (TPSA) is 168 Å². The van der Waals surface area contributed by atoms with E-state index in [0.717, 1.165) is 10.5 Å². The summed E-state index contributed by atoms with van der Waals surface area (Å²) in [7, 11) is 0. The standard InChI is InChI=1S/C29H38N8O5/c1-7-22(38)32-28(4,5)16-29(6,27-33-34-35-37(27)17(2)3)30-14-8-9-18-10-11-19-20(15-18)26(42)36(25(19)41)21-12-13-23(39)31-24(21)40/h7,10-11,15,17,21,30H,1,8-9,12-14,16H2,2-6H3,(H,32,38)(H,31,39,40). The van der Waals surface area contributed by atoms with Crippen LogP contribution in [0.5, 0.6) is 0 Å². The molecule has 0 spiro atoms. The van der Waals surface area contributed by atoms with Gasteiger partial charge in [-0.2, -0.15) is 0 Å². The zero-order valence-corrected chi connectivity index (χ0v) is 24.7. The van der Waals surface area contributed by atoms with Gasteiger partial charge in [0.05, 0.1) is 22.7 Å². The van der Waals surface area contributed by atoms with Gasteiger partial charge in [-0.25, -0.2) is 4.68 Å². The molecule has 1 fully saturated rings. The minimum Gasteiger partial charge on any atom is -0.348 e. The number of carbonyl (C=O) groups is 5. The van der Waals surface area contributed by atoms with Crippen LogP contribution in [0.1, 0.15) is 98.4 Å². The molecule has 2 aliphatic heterocycles. The highest BCUT2D eigenvalue weighted by atomic mass is 16.2. The fourth-order valence-corrected chi connectivity index (χ4v) is 5.77. The van der Waals surface area contributed by atoms with Crippen LogP contribution in [-0.4, -0.2) is 72.8 Å². The van der Waals surface area contributed by atoms with Crippen LogP contribution >= 0.6 is 0 Å². The molecule has 0 aliphatic carbocycles. The molecule has 5 amide bonds. The highest BCUT2D eigenvalue weighted by Gasteiger charge is 2.44. The second kappa shape index (κ2) is 11.9. The van der Waals surface area contributed by atoms with Crippen molar-refractivity contribution in [3.63, 3.8) is 0 Å². The average Bonchev–Trinajstić information content (AvgIpc) is 3.51. The molecular weight excluding hydrogens is 540 g/mol. The number of nitrogens with one attached hydrogen (secondary N) is 3. The molecule has 4 rings (SSSR count). The largest absolute Gasteiger partial charge is 0.348 e. The first-order chi connectivity index (χ1) is 19.8. The number of carbonyl (C=O) groups excluding carboxylic acids is 5. The lowest BCUT2D eigenvalue weighted by Crippen LogP contribution is -2.54. The zero-order valence-electron chi connectivity index (χ0n) is 24.7. The Kier molecular flexibility index (Phi) is 8.71. The molecule has 13 heteroatoms. The average molecular weight is 579 g/mol. The van der Waals surface area contributed by atoms with E-state index in [0.29, 0.717) is 31.6 Å². The van der Waals surface area contributed by atoms with Gasteiger partial charge in [0.25, 0.3) is 11.8 Å². The third kappa shape index (κ3) is 6.30. The van der Waals surface area contributed by atoms with Crippen LogP contribution < -0.4 is 16.0 Å². The van der Waals surface area contributed by atoms with Crippen molar-refractivity contribution in [3.8, 4) is 0 Å². The summed E-state index contributed by atoms with van der Waals surface area (Å²) < 4.78 is 1.76. The molecule has 13 nitrogen and oxygen atoms in total. The highest BCUT2D eigenvalue weighted by molar-refractivity contribution is 6.23. The van der Waals surface area contributed by atoms with Crippen LogP contribution in [0.4, 0.5) is 0 Å². The van der Waals surface area contributed by atoms with E-state index in [4.69, 9.17) is 0 Å². The van der Waals surface area contributed by atoms with Crippen LogP contribution in [0.15, 0.2) is 30.9 Å². The molecular formula is C29H38N8O5. The monoisotopic (exact) mass is 578 g/mol. The van der Waals surface area contributed by atoms with E-state index in [-0.39, 0.29) is 35.9 Å². The molecule has 2 atom stereocenters. The molecule has 2 aromatic rings. The van der Waals surface area contributed by atoms with Gasteiger partial charge in [-0.15, -0.1) is 5.10 Å². The van der Waals surface area contributed by atoms with Crippen molar-refractivity contribution in [2.24, 2.45) is 0 Å². The lowest BCUT2D eigenvalue weighted by molar-refractivity contribution is -0.136. The van der Waals surface area contributed by atoms with E-state index in [1.807, 2.05) is 40.7 Å². The third-order valence-electron chi connectivity index (χ3n) is 7.58. The van der Waals surface area contributed by atoms with Crippen LogP contribution in [0.25, 0.3) is 0 Å². The van der Waals surface area contributed by atoms with Crippen molar-refractivity contribution in [1.29, 1.82) is 0 Å². The minimum absolute atomic E-state index is 0.0217. The van der Waals surface area contributed by atoms with Gasteiger partial charge in [0.15, 0.2) is 5.82 Å². The van der Waals surface area contributed by atoms with Gasteiger partial charge >= 0.3 is 0 Å². The van der Waals surface area contributed by atoms with Crippen LogP contribution in [0.2, 0.25) is 0 Å². The van der Waals surface area contributed by atoms with Crippen molar-refractivity contribution in [3.05, 3.63) is 53.4 Å². The normalized spacial score (nSPS) is 18.6. The fourth-order valence-electron chi connectivity index (χ4n) is 5.77. The van der Waals surface area contributed by atoms with Gasteiger partial charge in [-0.05, 0) is 101 Å². The molecule has 224 valence electrons. The van der Waals surface area contributed by atoms with Gasteiger partial charge < -0.3 is 10.6 Å². The lowest BCUT2D eigenvalue weighted by Gasteiger charge is -2.38. The van der Waals surface area contributed by atoms with E-state index in [1.165, 1.54) is 6.08 Å². The number of piperidine rings is 1. The summed E-state index contributed by atoms with van der Waals surface area (Å²) in [4.78, 5) is 63.1. The Labute approximate surface area is 244 Å². The van der Waals surface area contributed by atoms with E-state index in [2.05, 4.69) is 38.1 Å². The van der Waals surface area contributed by atoms with Gasteiger partial charge in [0.1, 0.15) is 6.04 Å². The first-order valence-corrected chi connectivity index (χ1v) is 14.1. The molecule has 2 unspecified atom stereocenters. The first-order valence-electron chi connectivity index (χ1n) is 14.1. The predicted octanol–water partition coefficient (Wildman–Crippen LogP) is 1.56. The van der Waals surface area contributed by atoms with Crippen molar-refractivity contribution in [1.82, 2.24) is 41.1 Å². The molecule has 3 N–H and O–H groups in total. The Morgan fingerprint density at radius 2 is 1.88 bits per heavy atom. The highest BCUT2D eigenvalue weighted by Crippen LogP contribution is 2.31. The molecule has 42 heavy (non-hydrogen) atoms. The molecule has 0 bridgehead atoms. The number of aryl methyl sites for hydroxylation is 1. The molecule has 1 aromatic carbocycles. The summed E-state index contributed by atoms with van der Waals surface area (Å²) in [5, 5.41) is 21.2. The Bertz CT molecular complexity index is 1430. The number of benzene rings is 1. The Morgan fingerprint density at radius 3 is 2.55 bits per heavy atom. The maximum Gasteiger partial charge on any atom is 0.262 e. The Morgan fingerprint density at radius 1 is 1.17 bits per heavy atom. The molecule has 2 aliphatic rings. The predicted molar refractivity (Wildman–Crippen MR) is 152 cm³/mol. The smallest absolute Gasteiger partial charge is 0.262 e. The van der Waals surface area contributed by atoms with E-state index >= 15 is 0 Å². The quantitative estimate of drug-likeness (QED) is 0.192. The van der Waals surface area contributed by atoms with Gasteiger partial charge in [0.2, 0.25) is 17.7 Å². The number of rotatable bonds is 12. The van der Waals surface area contributed by atoms with Crippen LogP contribution in [0.3, 0.4) is 0 Å². The Hall–Kier alpha value is -4.26. The maximum atomic E-state index is 13.2. The number of hydrogen-bond donors (Lipinski definition) is 3. The first kappa shape index (κ1) is 30.7. The lowest BCUT2D eigenvalue weighted by atomic mass is 9.84. The number of fused-ring (bicyclic) bond motifs is 1. The maximum absolute atomic E-state index is 13.2. The molecule has 3 heterocycles. The number of aromatic nitrogens is 4. The van der Waals surface area contributed by atoms with Crippen LogP contribution in [-0.2, 0) is 26.3 Å². The van der Waals surface area contributed by atoms with Crippen molar-refractivity contribution >= 4 is 29.5 Å². The van der Waals surface area contributed by atoms with E-state index < -0.39 is 40.7 Å². The molecule has 1 aromatic heterocycles. The number of nitrogens with zero attached hydrogens (tertiary/aromatic N) is 5. The van der Waals surface area contributed by atoms with Gasteiger partial charge in [-0.1, -0.05) is 12.6 Å². The van der Waals surface area contributed by atoms with Crippen molar-refractivity contribution < 1.29 is 24.0 Å². The molecule has 1 saturated heterocycles. The second-order valence-electron chi connectivity index (χ2n) is 12.0. The third-order valence-corrected chi connectivity index (χ3v) is 7.58. The van der Waals surface area contributed by atoms with Gasteiger partial charge in [-0.3, -0.25) is 34.2 Å². The van der Waals surface area contributed by atoms with E-state index in [1.54, 1.807) is 16.8 Å². The fraction of sp³-hybridized carbons (Fsp3) is 0.517. The zero-order chi connectivity index (χ0) is 30.8. The summed E-state index contributed by atoms with van der Waals surface area (Å²) in [6, 6.07) is 4.16. The SMILES string of the molecule is C=CC(=O)NC(C)(C)CC(C)(NCCCc1ccc2c(c1)C(=O)N(C1CCC(=O)NC1=O)C2=O)c1nnnn1C(C)C. The van der Waals surface area contributed by atoms with Crippen molar-refractivity contribution in [2.45, 2.75) is 89.9 Å². The van der Waals surface area contributed by atoms with Crippen LogP contribution in [0, 0.1) is 0 Å². The van der Waals surface area contributed by atoms with E-state index in [9.17, 15) is 24.0 Å². The summed E-state index contributed by atoms with van der Waals surface area (Å²) in [5.41, 5.74) is 0.0738. The molecule has 0 saturated carbocycles. The number of tetrazole rings is 1. The number of hydrogen-bond acceptors (Lipinski definition) is 9.